The molecule has 186 valence electrons. The van der Waals surface area contributed by atoms with E-state index >= 15 is 0 Å². The molecule has 0 radical (unpaired) electrons. The first-order chi connectivity index (χ1) is 16.0. The van der Waals surface area contributed by atoms with Gasteiger partial charge in [-0.2, -0.15) is 0 Å². The molecule has 0 aromatic heterocycles. The molecule has 2 heterocycles. The number of nitrogens with zero attached hydrogens (tertiary/aromatic N) is 2. The van der Waals surface area contributed by atoms with Gasteiger partial charge < -0.3 is 28.7 Å². The van der Waals surface area contributed by atoms with Crippen LogP contribution >= 0.6 is 0 Å². The van der Waals surface area contributed by atoms with E-state index in [2.05, 4.69) is 0 Å². The number of ether oxygens (including phenoxy) is 4. The fourth-order valence-electron chi connectivity index (χ4n) is 3.82. The van der Waals surface area contributed by atoms with Crippen molar-refractivity contribution in [2.75, 3.05) is 44.4 Å². The van der Waals surface area contributed by atoms with Crippen molar-refractivity contribution in [2.45, 2.75) is 52.4 Å². The summed E-state index contributed by atoms with van der Waals surface area (Å²) >= 11 is 0. The zero-order valence-electron chi connectivity index (χ0n) is 20.3. The third-order valence-corrected chi connectivity index (χ3v) is 5.37. The van der Waals surface area contributed by atoms with Crippen LogP contribution in [-0.4, -0.2) is 85.9 Å². The third-order valence-electron chi connectivity index (χ3n) is 5.37. The first-order valence-electron chi connectivity index (χ1n) is 11.3. The monoisotopic (exact) mass is 476 g/mol. The van der Waals surface area contributed by atoms with Crippen molar-refractivity contribution in [1.82, 2.24) is 4.90 Å². The first-order valence-corrected chi connectivity index (χ1v) is 11.3. The average Bonchev–Trinajstić information content (AvgIpc) is 2.77. The maximum atomic E-state index is 13.4. The average molecular weight is 477 g/mol. The summed E-state index contributed by atoms with van der Waals surface area (Å²) in [6.45, 7) is 10.3. The number of esters is 2. The summed E-state index contributed by atoms with van der Waals surface area (Å²) in [5, 5.41) is 0. The van der Waals surface area contributed by atoms with Gasteiger partial charge in [-0.3, -0.25) is 14.4 Å². The molecule has 0 aliphatic carbocycles. The molecule has 2 amide bonds. The van der Waals surface area contributed by atoms with Gasteiger partial charge in [0.2, 0.25) is 6.10 Å². The molecule has 2 fully saturated rings. The highest BCUT2D eigenvalue weighted by Gasteiger charge is 2.44. The van der Waals surface area contributed by atoms with Gasteiger partial charge in [-0.25, -0.2) is 4.79 Å². The number of hydrogen-bond donors (Lipinski definition) is 0. The molecule has 3 rings (SSSR count). The maximum absolute atomic E-state index is 13.4. The van der Waals surface area contributed by atoms with Crippen LogP contribution in [-0.2, 0) is 33.3 Å². The van der Waals surface area contributed by atoms with Crippen LogP contribution in [0.2, 0.25) is 0 Å². The highest BCUT2D eigenvalue weighted by Crippen LogP contribution is 2.27. The lowest BCUT2D eigenvalue weighted by Gasteiger charge is -2.36. The standard InChI is InChI=1S/C24H32N2O8/c1-15-6-7-17(21(28)25-8-11-31-12-9-25)14-18(15)26-10-13-32-19(22(26)29)20(33-16(2)27)23(30)34-24(3,4)5/h6-7,14,19-20H,8-13H2,1-5H3/t19-,20-/m1/s1. The Labute approximate surface area is 199 Å². The molecule has 0 unspecified atom stereocenters. The number of hydrogen-bond acceptors (Lipinski definition) is 8. The van der Waals surface area contributed by atoms with E-state index in [0.717, 1.165) is 12.5 Å². The summed E-state index contributed by atoms with van der Waals surface area (Å²) in [4.78, 5) is 54.0. The second kappa shape index (κ2) is 10.5. The van der Waals surface area contributed by atoms with Crippen LogP contribution in [0.5, 0.6) is 0 Å². The molecular weight excluding hydrogens is 444 g/mol. The van der Waals surface area contributed by atoms with Gasteiger partial charge in [0.1, 0.15) is 5.60 Å². The van der Waals surface area contributed by atoms with Crippen LogP contribution in [0.3, 0.4) is 0 Å². The minimum absolute atomic E-state index is 0.109. The van der Waals surface area contributed by atoms with Crippen LogP contribution in [0, 0.1) is 6.92 Å². The Bertz CT molecular complexity index is 949. The van der Waals surface area contributed by atoms with E-state index in [1.54, 1.807) is 43.9 Å². The quantitative estimate of drug-likeness (QED) is 0.588. The topological polar surface area (TPSA) is 112 Å². The Kier molecular flexibility index (Phi) is 7.93. The fraction of sp³-hybridized carbons (Fsp3) is 0.583. The van der Waals surface area contributed by atoms with E-state index in [4.69, 9.17) is 18.9 Å². The molecular formula is C24H32N2O8. The lowest BCUT2D eigenvalue weighted by Crippen LogP contribution is -2.56. The Hall–Kier alpha value is -2.98. The smallest absolute Gasteiger partial charge is 0.351 e. The molecule has 1 aromatic rings. The zero-order chi connectivity index (χ0) is 25.0. The number of morpholine rings is 2. The van der Waals surface area contributed by atoms with Gasteiger partial charge in [0, 0.05) is 37.8 Å². The minimum atomic E-state index is -1.55. The number of rotatable bonds is 5. The SMILES string of the molecule is CC(=O)O[C@@H](C(=O)OC(C)(C)C)[C@H]1OCCN(c2cc(C(=O)N3CCOCC3)ccc2C)C1=O. The van der Waals surface area contributed by atoms with Crippen LogP contribution in [0.4, 0.5) is 5.69 Å². The van der Waals surface area contributed by atoms with Gasteiger partial charge >= 0.3 is 11.9 Å². The molecule has 2 aliphatic heterocycles. The summed E-state index contributed by atoms with van der Waals surface area (Å²) in [5.41, 5.74) is 0.900. The van der Waals surface area contributed by atoms with Crippen molar-refractivity contribution in [3.8, 4) is 0 Å². The lowest BCUT2D eigenvalue weighted by molar-refractivity contribution is -0.188. The van der Waals surface area contributed by atoms with E-state index in [1.165, 1.54) is 4.90 Å². The molecule has 0 N–H and O–H groups in total. The molecule has 34 heavy (non-hydrogen) atoms. The van der Waals surface area contributed by atoms with Gasteiger partial charge in [0.15, 0.2) is 6.10 Å². The number of anilines is 1. The summed E-state index contributed by atoms with van der Waals surface area (Å²) < 4.78 is 21.4. The van der Waals surface area contributed by atoms with Gasteiger partial charge in [-0.05, 0) is 45.4 Å². The van der Waals surface area contributed by atoms with Crippen LogP contribution in [0.1, 0.15) is 43.6 Å². The number of carbonyl (C=O) groups excluding carboxylic acids is 4. The summed E-state index contributed by atoms with van der Waals surface area (Å²) in [6, 6.07) is 5.17. The van der Waals surface area contributed by atoms with Crippen molar-refractivity contribution in [2.24, 2.45) is 0 Å². The van der Waals surface area contributed by atoms with E-state index < -0.39 is 35.7 Å². The number of aryl methyl sites for hydroxylation is 1. The Morgan fingerprint density at radius 1 is 1.09 bits per heavy atom. The third kappa shape index (κ3) is 6.12. The Morgan fingerprint density at radius 2 is 1.76 bits per heavy atom. The summed E-state index contributed by atoms with van der Waals surface area (Å²) in [5.74, 6) is -2.30. The second-order valence-corrected chi connectivity index (χ2v) is 9.25. The largest absolute Gasteiger partial charge is 0.457 e. The Morgan fingerprint density at radius 3 is 2.38 bits per heavy atom. The van der Waals surface area contributed by atoms with Crippen molar-refractivity contribution in [1.29, 1.82) is 0 Å². The first kappa shape index (κ1) is 25.6. The van der Waals surface area contributed by atoms with Crippen LogP contribution in [0.15, 0.2) is 18.2 Å². The van der Waals surface area contributed by atoms with E-state index in [1.807, 2.05) is 6.92 Å². The molecule has 10 nitrogen and oxygen atoms in total. The van der Waals surface area contributed by atoms with Gasteiger partial charge in [0.05, 0.1) is 19.8 Å². The van der Waals surface area contributed by atoms with Gasteiger partial charge in [-0.1, -0.05) is 6.07 Å². The lowest BCUT2D eigenvalue weighted by atomic mass is 10.0. The maximum Gasteiger partial charge on any atom is 0.351 e. The molecule has 0 saturated carbocycles. The predicted octanol–water partition coefficient (Wildman–Crippen LogP) is 1.47. The van der Waals surface area contributed by atoms with Crippen molar-refractivity contribution < 1.29 is 38.1 Å². The molecule has 10 heteroatoms. The van der Waals surface area contributed by atoms with Gasteiger partial charge in [-0.15, -0.1) is 0 Å². The highest BCUT2D eigenvalue weighted by molar-refractivity contribution is 6.03. The molecule has 2 saturated heterocycles. The molecule has 1 aromatic carbocycles. The predicted molar refractivity (Wildman–Crippen MR) is 121 cm³/mol. The van der Waals surface area contributed by atoms with Crippen LogP contribution < -0.4 is 4.90 Å². The minimum Gasteiger partial charge on any atom is -0.457 e. The van der Waals surface area contributed by atoms with E-state index in [-0.39, 0.29) is 19.1 Å². The molecule has 0 bridgehead atoms. The summed E-state index contributed by atoms with van der Waals surface area (Å²) in [6.07, 6.45) is -2.92. The fourth-order valence-corrected chi connectivity index (χ4v) is 3.82. The number of benzene rings is 1. The van der Waals surface area contributed by atoms with Crippen LogP contribution in [0.25, 0.3) is 0 Å². The highest BCUT2D eigenvalue weighted by atomic mass is 16.6. The van der Waals surface area contributed by atoms with Crippen molar-refractivity contribution in [3.05, 3.63) is 29.3 Å². The van der Waals surface area contributed by atoms with Gasteiger partial charge in [0.25, 0.3) is 11.8 Å². The normalized spacial score (nSPS) is 20.0. The zero-order valence-corrected chi connectivity index (χ0v) is 20.3. The van der Waals surface area contributed by atoms with E-state index in [0.29, 0.717) is 37.6 Å². The molecule has 2 atom stereocenters. The Balaban J connectivity index is 1.87. The molecule has 0 spiro atoms. The molecule has 2 aliphatic rings. The second-order valence-electron chi connectivity index (χ2n) is 9.25. The summed E-state index contributed by atoms with van der Waals surface area (Å²) in [7, 11) is 0. The van der Waals surface area contributed by atoms with Crippen molar-refractivity contribution in [3.63, 3.8) is 0 Å². The number of carbonyl (C=O) groups is 4. The van der Waals surface area contributed by atoms with Crippen molar-refractivity contribution >= 4 is 29.4 Å². The number of amides is 2. The van der Waals surface area contributed by atoms with E-state index in [9.17, 15) is 19.2 Å².